The summed E-state index contributed by atoms with van der Waals surface area (Å²) in [4.78, 5) is 0.237. The fourth-order valence-corrected chi connectivity index (χ4v) is 3.19. The van der Waals surface area contributed by atoms with Crippen molar-refractivity contribution in [2.75, 3.05) is 11.3 Å². The maximum absolute atomic E-state index is 12.3. The average Bonchev–Trinajstić information content (AvgIpc) is 2.49. The highest BCUT2D eigenvalue weighted by Crippen LogP contribution is 2.20. The molecule has 112 valence electrons. The highest BCUT2D eigenvalue weighted by atomic mass is 79.9. The van der Waals surface area contributed by atoms with Crippen LogP contribution in [0.3, 0.4) is 0 Å². The summed E-state index contributed by atoms with van der Waals surface area (Å²) in [6, 6.07) is 13.6. The summed E-state index contributed by atoms with van der Waals surface area (Å²) in [7, 11) is -3.57. The van der Waals surface area contributed by atoms with Gasteiger partial charge >= 0.3 is 0 Å². The second-order valence-electron chi connectivity index (χ2n) is 4.34. The first-order valence-corrected chi connectivity index (χ1v) is 9.06. The molecule has 0 fully saturated rings. The summed E-state index contributed by atoms with van der Waals surface area (Å²) in [6.07, 6.45) is 0. The molecule has 0 aromatic heterocycles. The highest BCUT2D eigenvalue weighted by molar-refractivity contribution is 9.08. The summed E-state index contributed by atoms with van der Waals surface area (Å²) >= 11 is 3.33. The third kappa shape index (κ3) is 4.22. The quantitative estimate of drug-likeness (QED) is 0.788. The van der Waals surface area contributed by atoms with Crippen molar-refractivity contribution < 1.29 is 13.2 Å². The predicted molar refractivity (Wildman–Crippen MR) is 87.5 cm³/mol. The van der Waals surface area contributed by atoms with Gasteiger partial charge in [0.2, 0.25) is 0 Å². The minimum Gasteiger partial charge on any atom is -0.494 e. The SMILES string of the molecule is CCOc1ccc(NS(=O)(=O)c2ccc(CBr)cc2)cc1. The molecule has 2 rings (SSSR count). The first-order valence-electron chi connectivity index (χ1n) is 6.46. The lowest BCUT2D eigenvalue weighted by molar-refractivity contribution is 0.340. The van der Waals surface area contributed by atoms with Crippen molar-refractivity contribution in [1.82, 2.24) is 0 Å². The molecule has 6 heteroatoms. The lowest BCUT2D eigenvalue weighted by atomic mass is 10.2. The molecule has 0 aliphatic heterocycles. The van der Waals surface area contributed by atoms with E-state index in [1.165, 1.54) is 0 Å². The molecule has 2 aromatic rings. The van der Waals surface area contributed by atoms with Gasteiger partial charge in [0, 0.05) is 11.0 Å². The van der Waals surface area contributed by atoms with Gasteiger partial charge in [-0.2, -0.15) is 0 Å². The van der Waals surface area contributed by atoms with Crippen molar-refractivity contribution >= 4 is 31.6 Å². The van der Waals surface area contributed by atoms with E-state index in [-0.39, 0.29) is 4.90 Å². The molecule has 0 saturated heterocycles. The van der Waals surface area contributed by atoms with Crippen molar-refractivity contribution in [2.24, 2.45) is 0 Å². The van der Waals surface area contributed by atoms with Crippen LogP contribution in [-0.4, -0.2) is 15.0 Å². The number of hydrogen-bond acceptors (Lipinski definition) is 3. The Hall–Kier alpha value is -1.53. The molecule has 0 unspecified atom stereocenters. The topological polar surface area (TPSA) is 55.4 Å². The van der Waals surface area contributed by atoms with E-state index in [2.05, 4.69) is 20.7 Å². The standard InChI is InChI=1S/C15H16BrNO3S/c1-2-20-14-7-5-13(6-8-14)17-21(18,19)15-9-3-12(11-16)4-10-15/h3-10,17H,2,11H2,1H3. The summed E-state index contributed by atoms with van der Waals surface area (Å²) in [6.45, 7) is 2.47. The van der Waals surface area contributed by atoms with E-state index >= 15 is 0 Å². The van der Waals surface area contributed by atoms with Crippen LogP contribution in [-0.2, 0) is 15.4 Å². The molecule has 2 aromatic carbocycles. The first-order chi connectivity index (χ1) is 10.0. The molecule has 0 amide bonds. The fourth-order valence-electron chi connectivity index (χ4n) is 1.76. The number of nitrogens with one attached hydrogen (secondary N) is 1. The summed E-state index contributed by atoms with van der Waals surface area (Å²) in [5.74, 6) is 0.710. The van der Waals surface area contributed by atoms with E-state index in [1.807, 2.05) is 6.92 Å². The third-order valence-corrected chi connectivity index (χ3v) is 4.85. The van der Waals surface area contributed by atoms with E-state index in [0.29, 0.717) is 23.4 Å². The Kier molecular flexibility index (Phi) is 5.25. The third-order valence-electron chi connectivity index (χ3n) is 2.81. The normalized spacial score (nSPS) is 11.1. The zero-order valence-electron chi connectivity index (χ0n) is 11.5. The lowest BCUT2D eigenvalue weighted by Crippen LogP contribution is -2.12. The molecule has 0 radical (unpaired) electrons. The summed E-state index contributed by atoms with van der Waals surface area (Å²) < 4.78 is 32.4. The minimum absolute atomic E-state index is 0.237. The Bertz CT molecular complexity index is 682. The van der Waals surface area contributed by atoms with E-state index in [4.69, 9.17) is 4.74 Å². The zero-order chi connectivity index (χ0) is 15.3. The van der Waals surface area contributed by atoms with Gasteiger partial charge in [0.25, 0.3) is 10.0 Å². The van der Waals surface area contributed by atoms with Crippen LogP contribution < -0.4 is 9.46 Å². The Labute approximate surface area is 133 Å². The predicted octanol–water partition coefficient (Wildman–Crippen LogP) is 3.78. The Morgan fingerprint density at radius 3 is 2.19 bits per heavy atom. The molecule has 0 spiro atoms. The molecule has 21 heavy (non-hydrogen) atoms. The largest absolute Gasteiger partial charge is 0.494 e. The number of anilines is 1. The smallest absolute Gasteiger partial charge is 0.261 e. The molecule has 0 saturated carbocycles. The molecular weight excluding hydrogens is 354 g/mol. The number of ether oxygens (including phenoxy) is 1. The lowest BCUT2D eigenvalue weighted by Gasteiger charge is -2.09. The number of hydrogen-bond donors (Lipinski definition) is 1. The summed E-state index contributed by atoms with van der Waals surface area (Å²) in [5, 5.41) is 0.694. The molecule has 0 aliphatic rings. The Balaban J connectivity index is 2.16. The average molecular weight is 370 g/mol. The monoisotopic (exact) mass is 369 g/mol. The van der Waals surface area contributed by atoms with Crippen LogP contribution in [0.4, 0.5) is 5.69 Å². The summed E-state index contributed by atoms with van der Waals surface area (Å²) in [5.41, 5.74) is 1.53. The van der Waals surface area contributed by atoms with Crippen LogP contribution in [0, 0.1) is 0 Å². The second-order valence-corrected chi connectivity index (χ2v) is 6.58. The van der Waals surface area contributed by atoms with E-state index in [1.54, 1.807) is 48.5 Å². The molecule has 0 atom stereocenters. The van der Waals surface area contributed by atoms with Gasteiger partial charge in [-0.05, 0) is 48.9 Å². The van der Waals surface area contributed by atoms with Gasteiger partial charge in [-0.25, -0.2) is 8.42 Å². The molecular formula is C15H16BrNO3S. The number of sulfonamides is 1. The van der Waals surface area contributed by atoms with Gasteiger partial charge in [-0.15, -0.1) is 0 Å². The first kappa shape index (κ1) is 15.9. The number of benzene rings is 2. The maximum Gasteiger partial charge on any atom is 0.261 e. The van der Waals surface area contributed by atoms with Crippen molar-refractivity contribution in [1.29, 1.82) is 0 Å². The van der Waals surface area contributed by atoms with Crippen LogP contribution in [0.25, 0.3) is 0 Å². The van der Waals surface area contributed by atoms with Crippen LogP contribution in [0.2, 0.25) is 0 Å². The van der Waals surface area contributed by atoms with E-state index in [0.717, 1.165) is 5.56 Å². The van der Waals surface area contributed by atoms with Crippen molar-refractivity contribution in [3.05, 3.63) is 54.1 Å². The van der Waals surface area contributed by atoms with Gasteiger partial charge in [-0.3, -0.25) is 4.72 Å². The van der Waals surface area contributed by atoms with Crippen LogP contribution >= 0.6 is 15.9 Å². The van der Waals surface area contributed by atoms with Crippen LogP contribution in [0.15, 0.2) is 53.4 Å². The Morgan fingerprint density at radius 1 is 1.05 bits per heavy atom. The molecule has 1 N–H and O–H groups in total. The number of halogens is 1. The van der Waals surface area contributed by atoms with Gasteiger partial charge in [0.05, 0.1) is 11.5 Å². The zero-order valence-corrected chi connectivity index (χ0v) is 13.9. The molecule has 0 aliphatic carbocycles. The van der Waals surface area contributed by atoms with E-state index in [9.17, 15) is 8.42 Å². The highest BCUT2D eigenvalue weighted by Gasteiger charge is 2.13. The van der Waals surface area contributed by atoms with Gasteiger partial charge < -0.3 is 4.74 Å². The number of alkyl halides is 1. The molecule has 0 heterocycles. The maximum atomic E-state index is 12.3. The van der Waals surface area contributed by atoms with Gasteiger partial charge in [-0.1, -0.05) is 28.1 Å². The van der Waals surface area contributed by atoms with Crippen molar-refractivity contribution in [2.45, 2.75) is 17.1 Å². The van der Waals surface area contributed by atoms with Crippen molar-refractivity contribution in [3.8, 4) is 5.75 Å². The van der Waals surface area contributed by atoms with Crippen LogP contribution in [0.1, 0.15) is 12.5 Å². The second kappa shape index (κ2) is 6.95. The minimum atomic E-state index is -3.57. The molecule has 0 bridgehead atoms. The van der Waals surface area contributed by atoms with Gasteiger partial charge in [0.1, 0.15) is 5.75 Å². The molecule has 4 nitrogen and oxygen atoms in total. The van der Waals surface area contributed by atoms with Crippen LogP contribution in [0.5, 0.6) is 5.75 Å². The van der Waals surface area contributed by atoms with E-state index < -0.39 is 10.0 Å². The fraction of sp³-hybridized carbons (Fsp3) is 0.200. The van der Waals surface area contributed by atoms with Gasteiger partial charge in [0.15, 0.2) is 0 Å². The number of rotatable bonds is 6. The van der Waals surface area contributed by atoms with Crippen molar-refractivity contribution in [3.63, 3.8) is 0 Å². The Morgan fingerprint density at radius 2 is 1.67 bits per heavy atom.